The van der Waals surface area contributed by atoms with Gasteiger partial charge in [-0.05, 0) is 60.0 Å². The Hall–Kier alpha value is -3.51. The van der Waals surface area contributed by atoms with Gasteiger partial charge in [0.1, 0.15) is 18.0 Å². The van der Waals surface area contributed by atoms with Gasteiger partial charge in [-0.15, -0.1) is 0 Å². The van der Waals surface area contributed by atoms with E-state index in [1.807, 2.05) is 49.4 Å². The number of nitrogens with zero attached hydrogens (tertiary/aromatic N) is 1. The summed E-state index contributed by atoms with van der Waals surface area (Å²) in [6, 6.07) is 19.4. The van der Waals surface area contributed by atoms with Crippen molar-refractivity contribution in [2.45, 2.75) is 19.1 Å². The monoisotopic (exact) mass is 418 g/mol. The normalized spacial score (nSPS) is 14.4. The molecule has 1 amide bonds. The summed E-state index contributed by atoms with van der Waals surface area (Å²) < 4.78 is 24.2. The van der Waals surface area contributed by atoms with Crippen molar-refractivity contribution >= 4 is 11.7 Å². The summed E-state index contributed by atoms with van der Waals surface area (Å²) in [6.45, 7) is 6.68. The fourth-order valence-electron chi connectivity index (χ4n) is 3.37. The van der Waals surface area contributed by atoms with Gasteiger partial charge in [0.05, 0.1) is 24.6 Å². The predicted molar refractivity (Wildman–Crippen MR) is 117 cm³/mol. The van der Waals surface area contributed by atoms with Crippen molar-refractivity contribution in [3.05, 3.63) is 95.9 Å². The van der Waals surface area contributed by atoms with E-state index in [1.165, 1.54) is 12.1 Å². The lowest BCUT2D eigenvalue weighted by Crippen LogP contribution is -2.59. The van der Waals surface area contributed by atoms with Gasteiger partial charge in [-0.3, -0.25) is 0 Å². The van der Waals surface area contributed by atoms with Gasteiger partial charge in [0.25, 0.3) is 0 Å². The van der Waals surface area contributed by atoms with Crippen LogP contribution in [0.25, 0.3) is 16.8 Å². The number of nitrogens with one attached hydrogen (secondary N) is 1. The lowest BCUT2D eigenvalue weighted by molar-refractivity contribution is -0.0762. The second kappa shape index (κ2) is 8.70. The lowest BCUT2D eigenvalue weighted by atomic mass is 9.86. The van der Waals surface area contributed by atoms with Crippen LogP contribution in [0.5, 0.6) is 0 Å². The standard InChI is InChI=1S/C25H23FN2O3/c1-17(2)22-12-20(13-23(27-22)19-8-10-21(26)11-9-19)25(15-30-16-25)28-24(29)31-14-18-6-4-3-5-7-18/h3-13H,1,14-16H2,2H3,(H,28,29). The molecule has 1 fully saturated rings. The van der Waals surface area contributed by atoms with Gasteiger partial charge < -0.3 is 14.8 Å². The summed E-state index contributed by atoms with van der Waals surface area (Å²) in [6.07, 6.45) is -0.524. The third-order valence-corrected chi connectivity index (χ3v) is 5.21. The van der Waals surface area contributed by atoms with Gasteiger partial charge in [-0.2, -0.15) is 0 Å². The maximum absolute atomic E-state index is 13.4. The molecule has 0 bridgehead atoms. The van der Waals surface area contributed by atoms with E-state index in [0.29, 0.717) is 24.6 Å². The number of pyridine rings is 1. The third kappa shape index (κ3) is 4.64. The van der Waals surface area contributed by atoms with Crippen LogP contribution in [0, 0.1) is 5.82 Å². The number of ether oxygens (including phenoxy) is 2. The van der Waals surface area contributed by atoms with Crippen LogP contribution in [0.15, 0.2) is 73.3 Å². The molecule has 0 aliphatic carbocycles. The number of amides is 1. The second-order valence-corrected chi connectivity index (χ2v) is 7.68. The molecule has 0 radical (unpaired) electrons. The van der Waals surface area contributed by atoms with Crippen molar-refractivity contribution in [2.75, 3.05) is 13.2 Å². The molecule has 31 heavy (non-hydrogen) atoms. The van der Waals surface area contributed by atoms with E-state index in [-0.39, 0.29) is 12.4 Å². The van der Waals surface area contributed by atoms with Crippen molar-refractivity contribution < 1.29 is 18.7 Å². The van der Waals surface area contributed by atoms with E-state index >= 15 is 0 Å². The molecule has 1 N–H and O–H groups in total. The molecule has 3 aromatic rings. The summed E-state index contributed by atoms with van der Waals surface area (Å²) in [4.78, 5) is 17.2. The Morgan fingerprint density at radius 3 is 2.48 bits per heavy atom. The van der Waals surface area contributed by atoms with Crippen LogP contribution in [0.4, 0.5) is 9.18 Å². The number of hydrogen-bond donors (Lipinski definition) is 1. The minimum atomic E-state index is -0.726. The average Bonchev–Trinajstić information content (AvgIpc) is 2.75. The molecule has 0 unspecified atom stereocenters. The number of hydrogen-bond acceptors (Lipinski definition) is 4. The molecule has 4 rings (SSSR count). The van der Waals surface area contributed by atoms with Gasteiger partial charge in [0.15, 0.2) is 0 Å². The smallest absolute Gasteiger partial charge is 0.408 e. The van der Waals surface area contributed by atoms with Gasteiger partial charge in [-0.1, -0.05) is 36.9 Å². The van der Waals surface area contributed by atoms with Gasteiger partial charge in [0.2, 0.25) is 0 Å². The summed E-state index contributed by atoms with van der Waals surface area (Å²) >= 11 is 0. The van der Waals surface area contributed by atoms with Crippen molar-refractivity contribution in [3.8, 4) is 11.3 Å². The highest BCUT2D eigenvalue weighted by atomic mass is 19.1. The molecule has 6 heteroatoms. The first-order valence-electron chi connectivity index (χ1n) is 9.96. The largest absolute Gasteiger partial charge is 0.445 e. The van der Waals surface area contributed by atoms with E-state index < -0.39 is 11.6 Å². The van der Waals surface area contributed by atoms with Crippen molar-refractivity contribution in [1.29, 1.82) is 0 Å². The topological polar surface area (TPSA) is 60.5 Å². The number of carbonyl (C=O) groups is 1. The Morgan fingerprint density at radius 2 is 1.87 bits per heavy atom. The van der Waals surface area contributed by atoms with Crippen LogP contribution in [0.2, 0.25) is 0 Å². The number of aromatic nitrogens is 1. The zero-order valence-corrected chi connectivity index (χ0v) is 17.2. The number of allylic oxidation sites excluding steroid dienone is 1. The minimum absolute atomic E-state index is 0.178. The molecule has 1 aromatic heterocycles. The number of carbonyl (C=O) groups excluding carboxylic acids is 1. The fourth-order valence-corrected chi connectivity index (χ4v) is 3.37. The number of alkyl carbamates (subject to hydrolysis) is 1. The van der Waals surface area contributed by atoms with Crippen LogP contribution >= 0.6 is 0 Å². The van der Waals surface area contributed by atoms with E-state index in [4.69, 9.17) is 9.47 Å². The van der Waals surface area contributed by atoms with Crippen molar-refractivity contribution in [1.82, 2.24) is 10.3 Å². The number of halogens is 1. The maximum atomic E-state index is 13.4. The zero-order chi connectivity index (χ0) is 21.8. The van der Waals surface area contributed by atoms with E-state index in [2.05, 4.69) is 16.9 Å². The van der Waals surface area contributed by atoms with Crippen LogP contribution in [-0.4, -0.2) is 24.3 Å². The molecule has 0 spiro atoms. The van der Waals surface area contributed by atoms with Crippen LogP contribution in [0.3, 0.4) is 0 Å². The molecule has 1 aliphatic heterocycles. The molecule has 2 heterocycles. The first kappa shape index (κ1) is 20.8. The Bertz CT molecular complexity index is 1090. The highest BCUT2D eigenvalue weighted by molar-refractivity contribution is 5.71. The Kier molecular flexibility index (Phi) is 5.82. The molecule has 158 valence electrons. The first-order chi connectivity index (χ1) is 14.9. The highest BCUT2D eigenvalue weighted by Gasteiger charge is 2.43. The van der Waals surface area contributed by atoms with Gasteiger partial charge >= 0.3 is 6.09 Å². The maximum Gasteiger partial charge on any atom is 0.408 e. The fraction of sp³-hybridized carbons (Fsp3) is 0.200. The highest BCUT2D eigenvalue weighted by Crippen LogP contribution is 2.33. The molecule has 2 aromatic carbocycles. The molecule has 5 nitrogen and oxygen atoms in total. The third-order valence-electron chi connectivity index (χ3n) is 5.21. The van der Waals surface area contributed by atoms with E-state index in [9.17, 15) is 9.18 Å². The first-order valence-corrected chi connectivity index (χ1v) is 9.96. The second-order valence-electron chi connectivity index (χ2n) is 7.68. The zero-order valence-electron chi connectivity index (χ0n) is 17.2. The molecular formula is C25H23FN2O3. The minimum Gasteiger partial charge on any atom is -0.445 e. The predicted octanol–water partition coefficient (Wildman–Crippen LogP) is 5.07. The van der Waals surface area contributed by atoms with E-state index in [0.717, 1.165) is 22.3 Å². The van der Waals surface area contributed by atoms with E-state index in [1.54, 1.807) is 12.1 Å². The van der Waals surface area contributed by atoms with Crippen LogP contribution in [-0.2, 0) is 21.6 Å². The molecule has 1 saturated heterocycles. The summed E-state index contributed by atoms with van der Waals surface area (Å²) in [7, 11) is 0. The number of benzene rings is 2. The van der Waals surface area contributed by atoms with Gasteiger partial charge in [-0.25, -0.2) is 14.2 Å². The van der Waals surface area contributed by atoms with Crippen LogP contribution < -0.4 is 5.32 Å². The molecule has 0 atom stereocenters. The summed E-state index contributed by atoms with van der Waals surface area (Å²) in [5.74, 6) is -0.313. The van der Waals surface area contributed by atoms with Gasteiger partial charge in [0, 0.05) is 5.56 Å². The van der Waals surface area contributed by atoms with Crippen LogP contribution in [0.1, 0.15) is 23.7 Å². The molecule has 0 saturated carbocycles. The molecular weight excluding hydrogens is 395 g/mol. The Labute approximate surface area is 180 Å². The Morgan fingerprint density at radius 1 is 1.16 bits per heavy atom. The lowest BCUT2D eigenvalue weighted by Gasteiger charge is -2.42. The summed E-state index contributed by atoms with van der Waals surface area (Å²) in [5.41, 5.74) is 3.94. The molecule has 1 aliphatic rings. The van der Waals surface area contributed by atoms with Crippen molar-refractivity contribution in [3.63, 3.8) is 0 Å². The SMILES string of the molecule is C=C(C)c1cc(C2(NC(=O)OCc3ccccc3)COC2)cc(-c2ccc(F)cc2)n1. The number of rotatable bonds is 6. The quantitative estimate of drug-likeness (QED) is 0.607. The van der Waals surface area contributed by atoms with Crippen molar-refractivity contribution in [2.24, 2.45) is 0 Å². The Balaban J connectivity index is 1.60. The average molecular weight is 418 g/mol. The summed E-state index contributed by atoms with van der Waals surface area (Å²) in [5, 5.41) is 2.97.